The molecule has 0 radical (unpaired) electrons. The van der Waals surface area contributed by atoms with Crippen molar-refractivity contribution in [2.75, 3.05) is 18.8 Å². The van der Waals surface area contributed by atoms with Gasteiger partial charge in [0.1, 0.15) is 22.9 Å². The van der Waals surface area contributed by atoms with Gasteiger partial charge in [-0.2, -0.15) is 11.8 Å². The zero-order valence-electron chi connectivity index (χ0n) is 35.6. The first-order chi connectivity index (χ1) is 28.3. The quantitative estimate of drug-likeness (QED) is 0.0578. The number of ether oxygens (including phenoxy) is 3. The highest BCUT2D eigenvalue weighted by Crippen LogP contribution is 2.75. The molecule has 4 aliphatic carbocycles. The van der Waals surface area contributed by atoms with Crippen molar-refractivity contribution in [1.29, 1.82) is 0 Å². The number of epoxide rings is 1. The number of esters is 1. The van der Waals surface area contributed by atoms with Crippen molar-refractivity contribution < 1.29 is 53.5 Å². The molecule has 3 saturated carbocycles. The van der Waals surface area contributed by atoms with E-state index in [-0.39, 0.29) is 55.0 Å². The predicted molar refractivity (Wildman–Crippen MR) is 221 cm³/mol. The van der Waals surface area contributed by atoms with E-state index in [0.29, 0.717) is 56.0 Å². The van der Waals surface area contributed by atoms with Crippen LogP contribution in [0.1, 0.15) is 118 Å². The van der Waals surface area contributed by atoms with E-state index in [0.717, 1.165) is 43.4 Å². The van der Waals surface area contributed by atoms with Crippen molar-refractivity contribution in [3.8, 4) is 0 Å². The molecule has 0 aromatic carbocycles. The maximum Gasteiger partial charge on any atom is 0.407 e. The molecule has 6 unspecified atom stereocenters. The minimum Gasteiger partial charge on any atom is -0.455 e. The molecule has 0 bridgehead atoms. The Morgan fingerprint density at radius 3 is 2.50 bits per heavy atom. The zero-order chi connectivity index (χ0) is 43.0. The second-order valence-corrected chi connectivity index (χ2v) is 20.9. The third-order valence-corrected chi connectivity index (χ3v) is 18.3. The summed E-state index contributed by atoms with van der Waals surface area (Å²) < 4.78 is 18.2. The lowest BCUT2D eigenvalue weighted by molar-refractivity contribution is -0.283. The molecule has 3 saturated heterocycles. The summed E-state index contributed by atoms with van der Waals surface area (Å²) in [7, 11) is 0. The van der Waals surface area contributed by atoms with E-state index >= 15 is 0 Å². The van der Waals surface area contributed by atoms with Crippen LogP contribution in [0, 0.1) is 22.7 Å². The van der Waals surface area contributed by atoms with Gasteiger partial charge in [-0.3, -0.25) is 9.59 Å². The van der Waals surface area contributed by atoms with E-state index in [1.165, 1.54) is 13.0 Å². The normalized spacial score (nSPS) is 43.3. The number of unbranched alkanes of at least 4 members (excludes halogenated alkanes) is 3. The Kier molecular flexibility index (Phi) is 11.3. The average Bonchev–Trinajstić information content (AvgIpc) is 3.55. The highest BCUT2D eigenvalue weighted by Gasteiger charge is 2.85. The molecule has 4 aliphatic heterocycles. The van der Waals surface area contributed by atoms with Gasteiger partial charge in [-0.1, -0.05) is 18.9 Å². The average molecular weight is 857 g/mol. The van der Waals surface area contributed by atoms with Crippen molar-refractivity contribution in [3.63, 3.8) is 0 Å². The van der Waals surface area contributed by atoms with E-state index in [9.17, 15) is 39.3 Å². The van der Waals surface area contributed by atoms with Gasteiger partial charge < -0.3 is 50.8 Å². The first kappa shape index (κ1) is 43.5. The maximum atomic E-state index is 14.0. The Hall–Kier alpha value is -3.18. The number of hydrogen-bond donors (Lipinski definition) is 7. The minimum absolute atomic E-state index is 0.0327. The molecule has 4 heterocycles. The van der Waals surface area contributed by atoms with Crippen LogP contribution in [0.15, 0.2) is 23.3 Å². The first-order valence-corrected chi connectivity index (χ1v) is 23.2. The van der Waals surface area contributed by atoms with Crippen molar-refractivity contribution in [3.05, 3.63) is 23.3 Å². The standard InChI is InChI=1S/C44H64N4O11S/c1-24-21-32(57-36(51)25(24)2)41(5,54)43(56)18-17-42(55)27-22-33-44(59-33)31(14-13-30(49)40(44,4)26(27)15-16-39(42,43)3)58-38(53)46-20-10-6-9-19-45-34(50)12-8-7-11-29-35-28(23-60-29)47-37(52)48-35/h13-14,26-29,31-33,35,54-56H,6-12,15-23H2,1-5H3,(H,45,50)(H,46,53)(H2,47,48,52)/t26?,27?,28?,29?,31-,32?,33+,35?,39-,40-,41-,42+,43-,44+/m0/s1. The van der Waals surface area contributed by atoms with Gasteiger partial charge in [0.05, 0.1) is 29.2 Å². The fourth-order valence-corrected chi connectivity index (χ4v) is 14.4. The van der Waals surface area contributed by atoms with Gasteiger partial charge in [0.25, 0.3) is 0 Å². The van der Waals surface area contributed by atoms with Crippen LogP contribution >= 0.6 is 11.8 Å². The van der Waals surface area contributed by atoms with Crippen molar-refractivity contribution in [2.24, 2.45) is 22.7 Å². The van der Waals surface area contributed by atoms with Crippen molar-refractivity contribution in [2.45, 2.75) is 176 Å². The SMILES string of the molecule is CC1=C(C)C(=O)OC([C@](C)(O)[C@]2(O)CC[C@@]3(O)C4C[C@H]5O[C@]56[C@@H](OC(=O)NCCCCCNC(=O)CCCCC5SCC7NC(=O)NC75)C=CC(=O)[C@]6(C)C4CC[C@]23C)C1. The maximum absolute atomic E-state index is 14.0. The van der Waals surface area contributed by atoms with Gasteiger partial charge in [0.15, 0.2) is 11.9 Å². The highest BCUT2D eigenvalue weighted by atomic mass is 32.2. The number of aliphatic hydroxyl groups is 3. The summed E-state index contributed by atoms with van der Waals surface area (Å²) >= 11 is 1.88. The van der Waals surface area contributed by atoms with Crippen LogP contribution in [0.25, 0.3) is 0 Å². The van der Waals surface area contributed by atoms with Crippen molar-refractivity contribution >= 4 is 41.5 Å². The first-order valence-electron chi connectivity index (χ1n) is 22.2. The number of hydrogen-bond acceptors (Lipinski definition) is 12. The topological polar surface area (TPSA) is 225 Å². The fourth-order valence-electron chi connectivity index (χ4n) is 12.9. The molecular formula is C44H64N4O11S. The third-order valence-electron chi connectivity index (χ3n) is 16.8. The number of urea groups is 1. The number of nitrogens with one attached hydrogen (secondary N) is 4. The second kappa shape index (κ2) is 15.6. The summed E-state index contributed by atoms with van der Waals surface area (Å²) in [6.07, 6.45) is 7.31. The number of amides is 4. The van der Waals surface area contributed by atoms with E-state index in [1.807, 2.05) is 32.5 Å². The van der Waals surface area contributed by atoms with E-state index < -0.39 is 69.5 Å². The van der Waals surface area contributed by atoms with Crippen LogP contribution in [-0.4, -0.2) is 122 Å². The zero-order valence-corrected chi connectivity index (χ0v) is 36.4. The predicted octanol–water partition coefficient (Wildman–Crippen LogP) is 3.47. The van der Waals surface area contributed by atoms with E-state index in [1.54, 1.807) is 13.0 Å². The minimum atomic E-state index is -1.88. The highest BCUT2D eigenvalue weighted by molar-refractivity contribution is 8.00. The molecule has 4 amide bonds. The molecule has 7 N–H and O–H groups in total. The molecule has 8 aliphatic rings. The number of fused-ring (bicyclic) bond motifs is 5. The van der Waals surface area contributed by atoms with Gasteiger partial charge >= 0.3 is 18.1 Å². The summed E-state index contributed by atoms with van der Waals surface area (Å²) in [6, 6.07) is 0.310. The van der Waals surface area contributed by atoms with Crippen LogP contribution in [0.5, 0.6) is 0 Å². The lowest BCUT2D eigenvalue weighted by Crippen LogP contribution is -2.73. The number of rotatable bonds is 14. The Morgan fingerprint density at radius 2 is 1.75 bits per heavy atom. The Labute approximate surface area is 356 Å². The van der Waals surface area contributed by atoms with Crippen molar-refractivity contribution in [1.82, 2.24) is 21.3 Å². The molecule has 0 aromatic rings. The second-order valence-electron chi connectivity index (χ2n) is 19.6. The van der Waals surface area contributed by atoms with Crippen LogP contribution in [-0.2, 0) is 28.6 Å². The van der Waals surface area contributed by atoms with Crippen LogP contribution in [0.2, 0.25) is 0 Å². The lowest BCUT2D eigenvalue weighted by Gasteiger charge is -2.63. The number of carbonyl (C=O) groups excluding carboxylic acids is 5. The molecule has 332 valence electrons. The van der Waals surface area contributed by atoms with Gasteiger partial charge in [-0.05, 0) is 116 Å². The molecule has 8 rings (SSSR count). The summed E-state index contributed by atoms with van der Waals surface area (Å²) in [6.45, 7) is 9.64. The largest absolute Gasteiger partial charge is 0.455 e. The molecular weight excluding hydrogens is 793 g/mol. The summed E-state index contributed by atoms with van der Waals surface area (Å²) in [5.74, 6) is -0.521. The summed E-state index contributed by atoms with van der Waals surface area (Å²) in [5.41, 5.74) is -7.28. The number of ketones is 1. The number of carbonyl (C=O) groups is 5. The van der Waals surface area contributed by atoms with Crippen LogP contribution < -0.4 is 21.3 Å². The number of thioether (sulfide) groups is 1. The van der Waals surface area contributed by atoms with Gasteiger partial charge in [-0.25, -0.2) is 14.4 Å². The Balaban J connectivity index is 0.804. The lowest BCUT2D eigenvalue weighted by atomic mass is 9.42. The molecule has 6 fully saturated rings. The van der Waals surface area contributed by atoms with Gasteiger partial charge in [0.2, 0.25) is 5.91 Å². The van der Waals surface area contributed by atoms with E-state index in [4.69, 9.17) is 14.2 Å². The molecule has 16 heteroatoms. The molecule has 14 atom stereocenters. The monoisotopic (exact) mass is 856 g/mol. The number of cyclic esters (lactones) is 1. The molecule has 15 nitrogen and oxygen atoms in total. The fraction of sp³-hybridized carbons (Fsp3) is 0.795. The van der Waals surface area contributed by atoms with Crippen LogP contribution in [0.4, 0.5) is 9.59 Å². The van der Waals surface area contributed by atoms with Gasteiger partial charge in [0, 0.05) is 47.9 Å². The summed E-state index contributed by atoms with van der Waals surface area (Å²) in [4.78, 5) is 63.8. The smallest absolute Gasteiger partial charge is 0.407 e. The third kappa shape index (κ3) is 6.54. The van der Waals surface area contributed by atoms with Gasteiger partial charge in [-0.15, -0.1) is 0 Å². The van der Waals surface area contributed by atoms with E-state index in [2.05, 4.69) is 21.3 Å². The number of allylic oxidation sites excluding steroid dienone is 1. The molecule has 0 aromatic heterocycles. The summed E-state index contributed by atoms with van der Waals surface area (Å²) in [5, 5.41) is 49.8. The number of alkyl carbamates (subject to hydrolysis) is 1. The Bertz CT molecular complexity index is 1860. The molecule has 60 heavy (non-hydrogen) atoms. The molecule has 1 spiro atoms. The van der Waals surface area contributed by atoms with Crippen LogP contribution in [0.3, 0.4) is 0 Å². The Morgan fingerprint density at radius 1 is 1.00 bits per heavy atom.